The zero-order chi connectivity index (χ0) is 37.9. The Balaban J connectivity index is 1.08. The molecule has 13 aromatic rings. The second-order valence-electron chi connectivity index (χ2n) is 15.3. The zero-order valence-electron chi connectivity index (χ0n) is 31.3. The van der Waals surface area contributed by atoms with Crippen molar-refractivity contribution in [1.29, 1.82) is 0 Å². The number of aromatic nitrogens is 3. The van der Waals surface area contributed by atoms with Gasteiger partial charge in [-0.1, -0.05) is 42.5 Å². The third kappa shape index (κ3) is 4.44. The van der Waals surface area contributed by atoms with Gasteiger partial charge in [0.05, 0.1) is 11.0 Å². The first kappa shape index (κ1) is 32.0. The Kier molecular flexibility index (Phi) is 6.74. The summed E-state index contributed by atoms with van der Waals surface area (Å²) in [6.45, 7) is 0. The van der Waals surface area contributed by atoms with Crippen LogP contribution in [0, 0.1) is 0 Å². The second kappa shape index (κ2) is 12.2. The van der Waals surface area contributed by atoms with Gasteiger partial charge in [0, 0.05) is 16.5 Å². The number of rotatable bonds is 4. The van der Waals surface area contributed by atoms with Crippen molar-refractivity contribution in [2.24, 2.45) is 0 Å². The quantitative estimate of drug-likeness (QED) is 0.158. The molecule has 0 N–H and O–H groups in total. The van der Waals surface area contributed by atoms with E-state index in [2.05, 4.69) is 214 Å². The molecule has 9 aromatic carbocycles. The Morgan fingerprint density at radius 1 is 0.293 bits per heavy atom. The molecule has 0 atom stereocenters. The first-order valence-electron chi connectivity index (χ1n) is 19.9. The maximum atomic E-state index is 2.55. The van der Waals surface area contributed by atoms with Crippen LogP contribution in [-0.2, 0) is 0 Å². The Hall–Kier alpha value is -7.10. The van der Waals surface area contributed by atoms with Crippen molar-refractivity contribution in [2.45, 2.75) is 0 Å². The van der Waals surface area contributed by atoms with Crippen LogP contribution < -0.4 is 0 Å². The van der Waals surface area contributed by atoms with E-state index < -0.39 is 0 Å². The molecule has 4 heteroatoms. The number of fused-ring (bicyclic) bond motifs is 12. The summed E-state index contributed by atoms with van der Waals surface area (Å²) >= 11 is 0.250. The summed E-state index contributed by atoms with van der Waals surface area (Å²) in [5.41, 5.74) is 13.3. The van der Waals surface area contributed by atoms with Gasteiger partial charge in [-0.25, -0.2) is 0 Å². The molecule has 0 spiro atoms. The summed E-state index contributed by atoms with van der Waals surface area (Å²) in [4.78, 5) is 0. The van der Waals surface area contributed by atoms with Gasteiger partial charge in [0.1, 0.15) is 0 Å². The average Bonchev–Trinajstić information content (AvgIpc) is 4.02. The number of para-hydroxylation sites is 4. The summed E-state index contributed by atoms with van der Waals surface area (Å²) in [6.07, 6.45) is 0. The van der Waals surface area contributed by atoms with Crippen LogP contribution in [0.1, 0.15) is 0 Å². The zero-order valence-corrected chi connectivity index (χ0v) is 33.0. The van der Waals surface area contributed by atoms with Crippen LogP contribution >= 0.6 is 0 Å². The molecule has 58 heavy (non-hydrogen) atoms. The summed E-state index contributed by atoms with van der Waals surface area (Å²) in [5.74, 6) is 0. The summed E-state index contributed by atoms with van der Waals surface area (Å²) in [7, 11) is 0. The van der Waals surface area contributed by atoms with Crippen molar-refractivity contribution < 1.29 is 0 Å². The van der Waals surface area contributed by atoms with Crippen molar-refractivity contribution >= 4 is 99.2 Å². The Morgan fingerprint density at radius 2 is 0.724 bits per heavy atom. The van der Waals surface area contributed by atoms with Gasteiger partial charge in [-0.3, -0.25) is 0 Å². The molecule has 4 heterocycles. The Labute approximate surface area is 339 Å². The molecular weight excluding hydrogens is 770 g/mol. The molecule has 3 nitrogen and oxygen atoms in total. The van der Waals surface area contributed by atoms with Gasteiger partial charge in [0.2, 0.25) is 0 Å². The topological polar surface area (TPSA) is 14.8 Å². The van der Waals surface area contributed by atoms with Crippen molar-refractivity contribution in [3.8, 4) is 28.2 Å². The Bertz CT molecular complexity index is 3750. The van der Waals surface area contributed by atoms with E-state index in [4.69, 9.17) is 0 Å². The predicted octanol–water partition coefficient (Wildman–Crippen LogP) is 14.0. The molecule has 0 aliphatic heterocycles. The van der Waals surface area contributed by atoms with Gasteiger partial charge >= 0.3 is 255 Å². The molecule has 0 saturated heterocycles. The van der Waals surface area contributed by atoms with Crippen LogP contribution in [0.5, 0.6) is 0 Å². The van der Waals surface area contributed by atoms with Gasteiger partial charge in [-0.2, -0.15) is 0 Å². The van der Waals surface area contributed by atoms with Crippen LogP contribution in [0.15, 0.2) is 200 Å². The van der Waals surface area contributed by atoms with Gasteiger partial charge in [0.15, 0.2) is 0 Å². The van der Waals surface area contributed by atoms with E-state index in [0.29, 0.717) is 0 Å². The number of hydrogen-bond donors (Lipinski definition) is 0. The maximum absolute atomic E-state index is 2.55. The van der Waals surface area contributed by atoms with Crippen LogP contribution in [0.2, 0.25) is 0 Å². The van der Waals surface area contributed by atoms with Gasteiger partial charge in [-0.05, 0) is 12.1 Å². The van der Waals surface area contributed by atoms with Gasteiger partial charge in [-0.15, -0.1) is 0 Å². The summed E-state index contributed by atoms with van der Waals surface area (Å²) in [6, 6.07) is 74.1. The standard InChI is InChI=1S/C54H33N3Se/c1-2-14-34(15-3-1)37-28-31-52-53(42-20-8-13-25-51(42)58-52)54(37)57-48-24-12-7-19-41(48)44-33-36(27-30-50(44)57)56-47-23-11-6-18-40(47)43-32-35(26-29-49(43)56)55-45-21-9-4-16-38(45)39-17-5-10-22-46(39)55/h1-33H. The van der Waals surface area contributed by atoms with Gasteiger partial charge < -0.3 is 4.57 Å². The molecule has 0 fully saturated rings. The molecule has 13 rings (SSSR count). The van der Waals surface area contributed by atoms with E-state index in [1.165, 1.54) is 107 Å². The van der Waals surface area contributed by atoms with E-state index in [0.717, 1.165) is 5.69 Å². The molecule has 0 aliphatic carbocycles. The van der Waals surface area contributed by atoms with Crippen molar-refractivity contribution in [1.82, 2.24) is 13.7 Å². The molecule has 0 unspecified atom stereocenters. The van der Waals surface area contributed by atoms with Crippen molar-refractivity contribution in [3.05, 3.63) is 200 Å². The molecule has 0 aliphatic rings. The number of benzene rings is 9. The van der Waals surface area contributed by atoms with Crippen LogP contribution in [0.25, 0.3) is 113 Å². The first-order valence-corrected chi connectivity index (χ1v) is 21.6. The normalized spacial score (nSPS) is 12.1. The average molecular weight is 803 g/mol. The summed E-state index contributed by atoms with van der Waals surface area (Å²) < 4.78 is 10.3. The minimum absolute atomic E-state index is 0.250. The van der Waals surface area contributed by atoms with E-state index in [9.17, 15) is 0 Å². The van der Waals surface area contributed by atoms with E-state index in [-0.39, 0.29) is 14.5 Å². The fourth-order valence-corrected chi connectivity index (χ4v) is 12.1. The third-order valence-electron chi connectivity index (χ3n) is 12.2. The van der Waals surface area contributed by atoms with Crippen LogP contribution in [-0.4, -0.2) is 28.2 Å². The number of hydrogen-bond acceptors (Lipinski definition) is 0. The van der Waals surface area contributed by atoms with Gasteiger partial charge in [0.25, 0.3) is 0 Å². The fraction of sp³-hybridized carbons (Fsp3) is 0. The van der Waals surface area contributed by atoms with Crippen molar-refractivity contribution in [3.63, 3.8) is 0 Å². The second-order valence-corrected chi connectivity index (χ2v) is 17.6. The van der Waals surface area contributed by atoms with Crippen molar-refractivity contribution in [2.75, 3.05) is 0 Å². The molecular formula is C54H33N3Se. The molecule has 0 saturated carbocycles. The SMILES string of the molecule is c1ccc(-c2ccc3[se]c4ccccc4c3c2-n2c3ccccc3c3cc(-n4c5ccccc5c5cc(-n6c7ccccc7c7ccccc76)ccc54)ccc32)cc1. The molecule has 0 radical (unpaired) electrons. The van der Waals surface area contributed by atoms with Crippen LogP contribution in [0.3, 0.4) is 0 Å². The summed E-state index contributed by atoms with van der Waals surface area (Å²) in [5, 5.41) is 10.3. The monoisotopic (exact) mass is 803 g/mol. The van der Waals surface area contributed by atoms with Crippen LogP contribution in [0.4, 0.5) is 0 Å². The molecule has 0 bridgehead atoms. The number of nitrogens with zero attached hydrogens (tertiary/aromatic N) is 3. The molecule has 4 aromatic heterocycles. The third-order valence-corrected chi connectivity index (χ3v) is 14.6. The van der Waals surface area contributed by atoms with E-state index in [1.807, 2.05) is 0 Å². The molecule has 270 valence electrons. The minimum atomic E-state index is 0.250. The molecule has 0 amide bonds. The van der Waals surface area contributed by atoms with E-state index in [1.54, 1.807) is 0 Å². The Morgan fingerprint density at radius 3 is 1.29 bits per heavy atom. The fourth-order valence-electron chi connectivity index (χ4n) is 9.80. The first-order chi connectivity index (χ1) is 28.8. The van der Waals surface area contributed by atoms with E-state index >= 15 is 0 Å². The predicted molar refractivity (Wildman–Crippen MR) is 247 cm³/mol.